The number of ether oxygens (including phenoxy) is 1. The lowest BCUT2D eigenvalue weighted by atomic mass is 10.1. The molecule has 3 heterocycles. The summed E-state index contributed by atoms with van der Waals surface area (Å²) in [4.78, 5) is 22.9. The minimum atomic E-state index is -0.173. The van der Waals surface area contributed by atoms with E-state index in [4.69, 9.17) is 4.74 Å². The highest BCUT2D eigenvalue weighted by Crippen LogP contribution is 2.21. The van der Waals surface area contributed by atoms with Crippen LogP contribution >= 0.6 is 0 Å². The molecule has 1 atom stereocenters. The van der Waals surface area contributed by atoms with Gasteiger partial charge in [0.15, 0.2) is 0 Å². The van der Waals surface area contributed by atoms with Gasteiger partial charge >= 0.3 is 0 Å². The van der Waals surface area contributed by atoms with E-state index in [0.717, 1.165) is 11.3 Å². The van der Waals surface area contributed by atoms with Crippen molar-refractivity contribution in [1.29, 1.82) is 0 Å². The Morgan fingerprint density at radius 3 is 2.86 bits per heavy atom. The molecule has 0 spiro atoms. The van der Waals surface area contributed by atoms with Crippen molar-refractivity contribution in [2.45, 2.75) is 13.0 Å². The summed E-state index contributed by atoms with van der Waals surface area (Å²) in [5, 5.41) is 0. The van der Waals surface area contributed by atoms with Gasteiger partial charge in [-0.15, -0.1) is 0 Å². The Kier molecular flexibility index (Phi) is 3.92. The molecule has 0 bridgehead atoms. The van der Waals surface area contributed by atoms with Gasteiger partial charge in [-0.05, 0) is 30.7 Å². The van der Waals surface area contributed by atoms with Gasteiger partial charge in [0.05, 0.1) is 18.8 Å². The van der Waals surface area contributed by atoms with E-state index in [1.54, 1.807) is 17.3 Å². The molecule has 5 nitrogen and oxygen atoms in total. The average molecular weight is 283 g/mol. The number of morpholine rings is 1. The molecule has 2 aromatic rings. The van der Waals surface area contributed by atoms with Gasteiger partial charge in [0.1, 0.15) is 11.8 Å². The van der Waals surface area contributed by atoms with Crippen LogP contribution in [0.3, 0.4) is 0 Å². The predicted molar refractivity (Wildman–Crippen MR) is 77.8 cm³/mol. The van der Waals surface area contributed by atoms with Crippen molar-refractivity contribution >= 4 is 5.91 Å². The first kappa shape index (κ1) is 13.7. The van der Waals surface area contributed by atoms with Crippen LogP contribution in [0.5, 0.6) is 0 Å². The molecule has 21 heavy (non-hydrogen) atoms. The number of carbonyl (C=O) groups is 1. The molecule has 108 valence electrons. The van der Waals surface area contributed by atoms with Crippen LogP contribution in [-0.4, -0.2) is 40.5 Å². The second-order valence-electron chi connectivity index (χ2n) is 5.03. The van der Waals surface area contributed by atoms with Crippen molar-refractivity contribution in [2.75, 3.05) is 19.7 Å². The van der Waals surface area contributed by atoms with E-state index in [1.165, 1.54) is 0 Å². The fourth-order valence-corrected chi connectivity index (χ4v) is 2.44. The SMILES string of the molecule is Cc1cccnc1C(=O)N1CCO[C@@H](c2ccccn2)C1. The highest BCUT2D eigenvalue weighted by Gasteiger charge is 2.27. The molecule has 3 rings (SSSR count). The van der Waals surface area contributed by atoms with Gasteiger partial charge in [0, 0.05) is 18.9 Å². The molecule has 1 fully saturated rings. The Balaban J connectivity index is 1.77. The van der Waals surface area contributed by atoms with Crippen molar-refractivity contribution in [2.24, 2.45) is 0 Å². The van der Waals surface area contributed by atoms with Gasteiger partial charge in [0.25, 0.3) is 5.91 Å². The Hall–Kier alpha value is -2.27. The third-order valence-corrected chi connectivity index (χ3v) is 3.58. The largest absolute Gasteiger partial charge is 0.368 e. The second kappa shape index (κ2) is 6.01. The predicted octanol–water partition coefficient (Wildman–Crippen LogP) is 2.00. The quantitative estimate of drug-likeness (QED) is 0.846. The normalized spacial score (nSPS) is 18.5. The summed E-state index contributed by atoms with van der Waals surface area (Å²) < 4.78 is 5.73. The summed E-state index contributed by atoms with van der Waals surface area (Å²) >= 11 is 0. The Labute approximate surface area is 123 Å². The van der Waals surface area contributed by atoms with E-state index in [2.05, 4.69) is 9.97 Å². The summed E-state index contributed by atoms with van der Waals surface area (Å²) in [7, 11) is 0. The molecule has 5 heteroatoms. The highest BCUT2D eigenvalue weighted by atomic mass is 16.5. The first-order valence-corrected chi connectivity index (χ1v) is 6.99. The lowest BCUT2D eigenvalue weighted by Crippen LogP contribution is -2.43. The molecule has 0 unspecified atom stereocenters. The maximum Gasteiger partial charge on any atom is 0.272 e. The maximum absolute atomic E-state index is 12.6. The minimum Gasteiger partial charge on any atom is -0.368 e. The second-order valence-corrected chi connectivity index (χ2v) is 5.03. The lowest BCUT2D eigenvalue weighted by Gasteiger charge is -2.32. The zero-order valence-electron chi connectivity index (χ0n) is 11.9. The van der Waals surface area contributed by atoms with Gasteiger partial charge < -0.3 is 9.64 Å². The van der Waals surface area contributed by atoms with Gasteiger partial charge in [-0.1, -0.05) is 12.1 Å². The first-order valence-electron chi connectivity index (χ1n) is 6.99. The summed E-state index contributed by atoms with van der Waals surface area (Å²) in [5.74, 6) is -0.0441. The van der Waals surface area contributed by atoms with Crippen LogP contribution in [0, 0.1) is 6.92 Å². The van der Waals surface area contributed by atoms with Crippen LogP contribution in [0.25, 0.3) is 0 Å². The molecule has 1 amide bonds. The molecule has 0 aromatic carbocycles. The van der Waals surface area contributed by atoms with Crippen LogP contribution in [-0.2, 0) is 4.74 Å². The van der Waals surface area contributed by atoms with Crippen LogP contribution in [0.15, 0.2) is 42.7 Å². The molecular formula is C16H17N3O2. The molecule has 1 aliphatic heterocycles. The molecule has 1 saturated heterocycles. The van der Waals surface area contributed by atoms with Crippen molar-refractivity contribution in [1.82, 2.24) is 14.9 Å². The summed E-state index contributed by atoms with van der Waals surface area (Å²) in [5.41, 5.74) is 2.26. The van der Waals surface area contributed by atoms with Gasteiger partial charge in [-0.3, -0.25) is 14.8 Å². The van der Waals surface area contributed by atoms with E-state index >= 15 is 0 Å². The molecule has 1 aliphatic rings. The summed E-state index contributed by atoms with van der Waals surface area (Å²) in [6, 6.07) is 9.45. The zero-order valence-corrected chi connectivity index (χ0v) is 11.9. The Morgan fingerprint density at radius 2 is 2.10 bits per heavy atom. The third-order valence-electron chi connectivity index (χ3n) is 3.58. The molecule has 0 aliphatic carbocycles. The third kappa shape index (κ3) is 2.92. The fourth-order valence-electron chi connectivity index (χ4n) is 2.44. The number of hydrogen-bond donors (Lipinski definition) is 0. The number of carbonyl (C=O) groups excluding carboxylic acids is 1. The molecule has 0 N–H and O–H groups in total. The Bertz CT molecular complexity index is 630. The van der Waals surface area contributed by atoms with E-state index in [1.807, 2.05) is 37.3 Å². The maximum atomic E-state index is 12.6. The van der Waals surface area contributed by atoms with E-state index in [0.29, 0.717) is 25.4 Å². The number of aromatic nitrogens is 2. The summed E-state index contributed by atoms with van der Waals surface area (Å²) in [6.45, 7) is 3.50. The monoisotopic (exact) mass is 283 g/mol. The van der Waals surface area contributed by atoms with Gasteiger partial charge in [0.2, 0.25) is 0 Å². The number of pyridine rings is 2. The van der Waals surface area contributed by atoms with Crippen LogP contribution in [0.4, 0.5) is 0 Å². The summed E-state index contributed by atoms with van der Waals surface area (Å²) in [6.07, 6.45) is 3.21. The number of rotatable bonds is 2. The molecule has 2 aromatic heterocycles. The minimum absolute atomic E-state index is 0.0441. The molecule has 0 saturated carbocycles. The van der Waals surface area contributed by atoms with E-state index < -0.39 is 0 Å². The van der Waals surface area contributed by atoms with E-state index in [9.17, 15) is 4.79 Å². The van der Waals surface area contributed by atoms with Crippen molar-refractivity contribution in [3.8, 4) is 0 Å². The fraction of sp³-hybridized carbons (Fsp3) is 0.312. The Morgan fingerprint density at radius 1 is 1.24 bits per heavy atom. The van der Waals surface area contributed by atoms with Crippen LogP contribution < -0.4 is 0 Å². The number of nitrogens with zero attached hydrogens (tertiary/aromatic N) is 3. The first-order chi connectivity index (χ1) is 10.3. The number of amides is 1. The van der Waals surface area contributed by atoms with Crippen LogP contribution in [0.2, 0.25) is 0 Å². The van der Waals surface area contributed by atoms with Crippen molar-refractivity contribution < 1.29 is 9.53 Å². The molecule has 0 radical (unpaired) electrons. The topological polar surface area (TPSA) is 55.3 Å². The zero-order chi connectivity index (χ0) is 14.7. The lowest BCUT2D eigenvalue weighted by molar-refractivity contribution is -0.0249. The van der Waals surface area contributed by atoms with Crippen LogP contribution in [0.1, 0.15) is 27.8 Å². The number of aryl methyl sites for hydroxylation is 1. The average Bonchev–Trinajstić information content (AvgIpc) is 2.56. The smallest absolute Gasteiger partial charge is 0.272 e. The van der Waals surface area contributed by atoms with Gasteiger partial charge in [-0.2, -0.15) is 0 Å². The molecular weight excluding hydrogens is 266 g/mol. The highest BCUT2D eigenvalue weighted by molar-refractivity contribution is 5.93. The van der Waals surface area contributed by atoms with Gasteiger partial charge in [-0.25, -0.2) is 0 Å². The van der Waals surface area contributed by atoms with Crippen molar-refractivity contribution in [3.05, 3.63) is 59.7 Å². The standard InChI is InChI=1S/C16H17N3O2/c1-12-5-4-8-18-15(12)16(20)19-9-10-21-14(11-19)13-6-2-3-7-17-13/h2-8,14H,9-11H2,1H3/t14-/m1/s1. The van der Waals surface area contributed by atoms with Crippen molar-refractivity contribution in [3.63, 3.8) is 0 Å². The van der Waals surface area contributed by atoms with E-state index in [-0.39, 0.29) is 12.0 Å². The number of hydrogen-bond acceptors (Lipinski definition) is 4.